The second-order valence-corrected chi connectivity index (χ2v) is 6.42. The number of ether oxygens (including phenoxy) is 1. The molecule has 1 amide bonds. The third-order valence-corrected chi connectivity index (χ3v) is 4.02. The zero-order valence-corrected chi connectivity index (χ0v) is 15.5. The van der Waals surface area contributed by atoms with Gasteiger partial charge in [0.05, 0.1) is 17.0 Å². The molecule has 144 valence electrons. The molecule has 0 saturated heterocycles. The third kappa shape index (κ3) is 6.27. The van der Waals surface area contributed by atoms with Crippen molar-refractivity contribution in [2.45, 2.75) is 12.6 Å². The minimum absolute atomic E-state index is 0.192. The number of esters is 1. The quantitative estimate of drug-likeness (QED) is 0.678. The van der Waals surface area contributed by atoms with Crippen LogP contribution in [0.1, 0.15) is 11.1 Å². The highest BCUT2D eigenvalue weighted by Gasteiger charge is 2.31. The maximum atomic E-state index is 12.5. The van der Waals surface area contributed by atoms with E-state index in [9.17, 15) is 22.8 Å². The largest absolute Gasteiger partial charge is 0.455 e. The van der Waals surface area contributed by atoms with Crippen LogP contribution < -0.4 is 5.32 Å². The molecule has 1 heterocycles. The lowest BCUT2D eigenvalue weighted by molar-refractivity contribution is -0.146. The molecule has 2 rings (SSSR count). The molecular formula is C16H10Cl3F3N2O3. The van der Waals surface area contributed by atoms with Gasteiger partial charge in [-0.25, -0.2) is 4.98 Å². The lowest BCUT2D eigenvalue weighted by Crippen LogP contribution is -2.22. The standard InChI is InChI=1S/C16H10Cl3F3N2O3/c17-10-2-1-8(11(18)5-10)3-14(26)27-7-13(25)24-15-12(19)4-9(6-23-15)16(20,21)22/h1-2,4-6H,3,7H2,(H,23,24,25). The fraction of sp³-hybridized carbons (Fsp3) is 0.188. The van der Waals surface area contributed by atoms with Gasteiger partial charge in [-0.1, -0.05) is 40.9 Å². The van der Waals surface area contributed by atoms with E-state index in [4.69, 9.17) is 39.5 Å². The summed E-state index contributed by atoms with van der Waals surface area (Å²) in [5, 5.41) is 2.42. The molecule has 0 saturated carbocycles. The Balaban J connectivity index is 1.89. The van der Waals surface area contributed by atoms with Crippen LogP contribution >= 0.6 is 34.8 Å². The Morgan fingerprint density at radius 3 is 2.41 bits per heavy atom. The number of hydrogen-bond donors (Lipinski definition) is 1. The van der Waals surface area contributed by atoms with Gasteiger partial charge >= 0.3 is 12.1 Å². The van der Waals surface area contributed by atoms with Crippen molar-refractivity contribution in [1.29, 1.82) is 0 Å². The van der Waals surface area contributed by atoms with Gasteiger partial charge in [-0.2, -0.15) is 13.2 Å². The number of carbonyl (C=O) groups excluding carboxylic acids is 2. The van der Waals surface area contributed by atoms with Crippen molar-refractivity contribution < 1.29 is 27.5 Å². The molecule has 11 heteroatoms. The number of nitrogens with one attached hydrogen (secondary N) is 1. The van der Waals surface area contributed by atoms with Gasteiger partial charge in [0.2, 0.25) is 0 Å². The fourth-order valence-electron chi connectivity index (χ4n) is 1.87. The highest BCUT2D eigenvalue weighted by atomic mass is 35.5. The topological polar surface area (TPSA) is 68.3 Å². The molecule has 0 aliphatic rings. The van der Waals surface area contributed by atoms with Crippen molar-refractivity contribution >= 4 is 52.5 Å². The normalized spacial score (nSPS) is 11.2. The number of halogens is 6. The predicted octanol–water partition coefficient (Wildman–Crippen LogP) is 4.79. The smallest absolute Gasteiger partial charge is 0.417 e. The molecule has 0 radical (unpaired) electrons. The van der Waals surface area contributed by atoms with E-state index in [0.717, 1.165) is 0 Å². The predicted molar refractivity (Wildman–Crippen MR) is 94.0 cm³/mol. The minimum atomic E-state index is -4.61. The van der Waals surface area contributed by atoms with E-state index in [2.05, 4.69) is 10.3 Å². The van der Waals surface area contributed by atoms with E-state index in [1.807, 2.05) is 0 Å². The number of carbonyl (C=O) groups is 2. The second-order valence-electron chi connectivity index (χ2n) is 5.17. The monoisotopic (exact) mass is 440 g/mol. The van der Waals surface area contributed by atoms with Gasteiger partial charge < -0.3 is 10.1 Å². The van der Waals surface area contributed by atoms with E-state index in [0.29, 0.717) is 22.8 Å². The summed E-state index contributed by atoms with van der Waals surface area (Å²) in [4.78, 5) is 27.0. The Bertz CT molecular complexity index is 876. The van der Waals surface area contributed by atoms with Crippen molar-refractivity contribution in [2.75, 3.05) is 11.9 Å². The molecule has 0 atom stereocenters. The van der Waals surface area contributed by atoms with Crippen molar-refractivity contribution in [3.63, 3.8) is 0 Å². The second kappa shape index (κ2) is 8.77. The molecule has 5 nitrogen and oxygen atoms in total. The molecule has 0 bridgehead atoms. The van der Waals surface area contributed by atoms with Gasteiger partial charge in [-0.05, 0) is 23.8 Å². The summed E-state index contributed by atoms with van der Waals surface area (Å²) >= 11 is 17.3. The Morgan fingerprint density at radius 1 is 1.11 bits per heavy atom. The lowest BCUT2D eigenvalue weighted by Gasteiger charge is -2.10. The minimum Gasteiger partial charge on any atom is -0.455 e. The van der Waals surface area contributed by atoms with Gasteiger partial charge in [0.15, 0.2) is 12.4 Å². The number of rotatable bonds is 5. The first-order valence-electron chi connectivity index (χ1n) is 7.18. The first-order valence-corrected chi connectivity index (χ1v) is 8.32. The average Bonchev–Trinajstić information content (AvgIpc) is 2.56. The summed E-state index contributed by atoms with van der Waals surface area (Å²) in [7, 11) is 0. The maximum Gasteiger partial charge on any atom is 0.417 e. The fourth-order valence-corrected chi connectivity index (χ4v) is 2.56. The Kier molecular flexibility index (Phi) is 6.91. The Hall–Kier alpha value is -2.03. The first-order chi connectivity index (χ1) is 12.6. The van der Waals surface area contributed by atoms with Crippen molar-refractivity contribution in [1.82, 2.24) is 4.98 Å². The van der Waals surface area contributed by atoms with E-state index in [-0.39, 0.29) is 17.3 Å². The number of nitrogens with zero attached hydrogens (tertiary/aromatic N) is 1. The SMILES string of the molecule is O=C(COC(=O)Cc1ccc(Cl)cc1Cl)Nc1ncc(C(F)(F)F)cc1Cl. The van der Waals surface area contributed by atoms with Crippen LogP contribution in [0.5, 0.6) is 0 Å². The number of pyridine rings is 1. The number of amides is 1. The van der Waals surface area contributed by atoms with Gasteiger partial charge in [0.25, 0.3) is 5.91 Å². The highest BCUT2D eigenvalue weighted by Crippen LogP contribution is 2.32. The summed E-state index contributed by atoms with van der Waals surface area (Å²) in [6, 6.07) is 5.16. The van der Waals surface area contributed by atoms with Crippen molar-refractivity contribution in [3.8, 4) is 0 Å². The molecular weight excluding hydrogens is 432 g/mol. The molecule has 1 aromatic heterocycles. The lowest BCUT2D eigenvalue weighted by atomic mass is 10.1. The van der Waals surface area contributed by atoms with Crippen LogP contribution in [0.2, 0.25) is 15.1 Å². The van der Waals surface area contributed by atoms with Crippen LogP contribution in [-0.4, -0.2) is 23.5 Å². The summed E-state index contributed by atoms with van der Waals surface area (Å²) < 4.78 is 42.4. The average molecular weight is 442 g/mol. The number of alkyl halides is 3. The van der Waals surface area contributed by atoms with Crippen LogP contribution in [-0.2, 0) is 26.9 Å². The molecule has 27 heavy (non-hydrogen) atoms. The van der Waals surface area contributed by atoms with Gasteiger partial charge in [0, 0.05) is 16.2 Å². The zero-order valence-electron chi connectivity index (χ0n) is 13.2. The van der Waals surface area contributed by atoms with Crippen molar-refractivity contribution in [2.24, 2.45) is 0 Å². The number of benzene rings is 1. The number of anilines is 1. The zero-order chi connectivity index (χ0) is 20.2. The van der Waals surface area contributed by atoms with Gasteiger partial charge in [0.1, 0.15) is 0 Å². The van der Waals surface area contributed by atoms with E-state index in [1.165, 1.54) is 12.1 Å². The summed E-state index contributed by atoms with van der Waals surface area (Å²) in [5.41, 5.74) is -0.601. The highest BCUT2D eigenvalue weighted by molar-refractivity contribution is 6.35. The van der Waals surface area contributed by atoms with E-state index >= 15 is 0 Å². The summed E-state index contributed by atoms with van der Waals surface area (Å²) in [6.45, 7) is -0.678. The van der Waals surface area contributed by atoms with Crippen LogP contribution in [0.4, 0.5) is 19.0 Å². The summed E-state index contributed by atoms with van der Waals surface area (Å²) in [6.07, 6.45) is -4.28. The number of aromatic nitrogens is 1. The third-order valence-electron chi connectivity index (χ3n) is 3.14. The van der Waals surface area contributed by atoms with Gasteiger partial charge in [-0.15, -0.1) is 0 Å². The summed E-state index contributed by atoms with van der Waals surface area (Å²) in [5.74, 6) is -1.84. The number of hydrogen-bond acceptors (Lipinski definition) is 4. The van der Waals surface area contributed by atoms with Crippen LogP contribution in [0.25, 0.3) is 0 Å². The first kappa shape index (κ1) is 21.3. The molecule has 0 unspecified atom stereocenters. The van der Waals surface area contributed by atoms with Crippen LogP contribution in [0, 0.1) is 0 Å². The van der Waals surface area contributed by atoms with Crippen molar-refractivity contribution in [3.05, 3.63) is 56.7 Å². The van der Waals surface area contributed by atoms with E-state index in [1.54, 1.807) is 6.07 Å². The molecule has 2 aromatic rings. The molecule has 1 aromatic carbocycles. The molecule has 0 aliphatic heterocycles. The van der Waals surface area contributed by atoms with Crippen LogP contribution in [0.3, 0.4) is 0 Å². The molecule has 0 spiro atoms. The van der Waals surface area contributed by atoms with Crippen LogP contribution in [0.15, 0.2) is 30.5 Å². The Morgan fingerprint density at radius 2 is 1.81 bits per heavy atom. The van der Waals surface area contributed by atoms with Gasteiger partial charge in [-0.3, -0.25) is 9.59 Å². The van der Waals surface area contributed by atoms with E-state index < -0.39 is 35.2 Å². The molecule has 1 N–H and O–H groups in total. The molecule has 0 fully saturated rings. The maximum absolute atomic E-state index is 12.5. The molecule has 0 aliphatic carbocycles. The Labute approximate surface area is 166 Å².